The van der Waals surface area contributed by atoms with Crippen LogP contribution in [0.2, 0.25) is 0 Å². The smallest absolute Gasteiger partial charge is 0.354 e. The number of aromatic nitrogens is 1. The summed E-state index contributed by atoms with van der Waals surface area (Å²) in [6, 6.07) is 13.0. The molecule has 0 bridgehead atoms. The van der Waals surface area contributed by atoms with Crippen molar-refractivity contribution in [3.8, 4) is 0 Å². The van der Waals surface area contributed by atoms with Crippen LogP contribution in [0.5, 0.6) is 0 Å². The van der Waals surface area contributed by atoms with Gasteiger partial charge in [-0.15, -0.1) is 0 Å². The van der Waals surface area contributed by atoms with Gasteiger partial charge in [0.25, 0.3) is 5.91 Å². The first kappa shape index (κ1) is 11.8. The lowest BCUT2D eigenvalue weighted by molar-refractivity contribution is 0.0690. The van der Waals surface area contributed by atoms with Crippen molar-refractivity contribution in [3.63, 3.8) is 0 Å². The number of amides is 1. The molecule has 0 atom stereocenters. The normalized spacial score (nSPS) is 9.78. The highest BCUT2D eigenvalue weighted by atomic mass is 16.4. The van der Waals surface area contributed by atoms with Crippen LogP contribution in [0.15, 0.2) is 48.5 Å². The van der Waals surface area contributed by atoms with Crippen LogP contribution >= 0.6 is 0 Å². The minimum absolute atomic E-state index is 0.110. The fraction of sp³-hybridized carbons (Fsp3) is 0. The predicted octanol–water partition coefficient (Wildman–Crippen LogP) is 2.03. The Bertz CT molecular complexity index is 582. The summed E-state index contributed by atoms with van der Waals surface area (Å²) in [5.41, 5.74) is 0.376. The highest BCUT2D eigenvalue weighted by Crippen LogP contribution is 2.07. The molecule has 1 amide bonds. The van der Waals surface area contributed by atoms with Crippen LogP contribution in [0, 0.1) is 0 Å². The standard InChI is InChI=1S/C13H10N2O3/c16-12(9-5-2-1-3-6-9)15-11-8-4-7-10(14-11)13(17)18/h1-8H,(H,17,18)(H,14,15,16). The van der Waals surface area contributed by atoms with E-state index >= 15 is 0 Å². The van der Waals surface area contributed by atoms with Gasteiger partial charge in [-0.05, 0) is 24.3 Å². The van der Waals surface area contributed by atoms with Gasteiger partial charge in [0.15, 0.2) is 5.69 Å². The van der Waals surface area contributed by atoms with Crippen molar-refractivity contribution >= 4 is 17.7 Å². The second kappa shape index (κ2) is 5.09. The Kier molecular flexibility index (Phi) is 3.33. The van der Waals surface area contributed by atoms with Gasteiger partial charge >= 0.3 is 5.97 Å². The average molecular weight is 242 g/mol. The molecule has 0 aliphatic rings. The number of nitrogens with one attached hydrogen (secondary N) is 1. The minimum Gasteiger partial charge on any atom is -0.477 e. The molecule has 1 aromatic heterocycles. The molecule has 0 fully saturated rings. The predicted molar refractivity (Wildman–Crippen MR) is 65.6 cm³/mol. The van der Waals surface area contributed by atoms with E-state index in [9.17, 15) is 9.59 Å². The van der Waals surface area contributed by atoms with E-state index in [4.69, 9.17) is 5.11 Å². The molecular weight excluding hydrogens is 232 g/mol. The van der Waals surface area contributed by atoms with Crippen molar-refractivity contribution in [1.29, 1.82) is 0 Å². The Balaban J connectivity index is 2.17. The van der Waals surface area contributed by atoms with Gasteiger partial charge in [0, 0.05) is 5.56 Å². The number of anilines is 1. The fourth-order valence-electron chi connectivity index (χ4n) is 1.40. The lowest BCUT2D eigenvalue weighted by Gasteiger charge is -2.04. The van der Waals surface area contributed by atoms with Crippen molar-refractivity contribution in [2.75, 3.05) is 5.32 Å². The summed E-state index contributed by atoms with van der Waals surface area (Å²) in [6.45, 7) is 0. The quantitative estimate of drug-likeness (QED) is 0.863. The summed E-state index contributed by atoms with van der Waals surface area (Å²) in [6.07, 6.45) is 0. The molecule has 18 heavy (non-hydrogen) atoms. The van der Waals surface area contributed by atoms with Crippen LogP contribution in [0.3, 0.4) is 0 Å². The number of carboxylic acid groups (broad SMARTS) is 1. The summed E-state index contributed by atoms with van der Waals surface area (Å²) in [4.78, 5) is 26.3. The first-order valence-corrected chi connectivity index (χ1v) is 5.23. The number of carbonyl (C=O) groups is 2. The molecular formula is C13H10N2O3. The molecule has 0 aliphatic heterocycles. The van der Waals surface area contributed by atoms with Crippen LogP contribution in [0.4, 0.5) is 5.82 Å². The van der Waals surface area contributed by atoms with Gasteiger partial charge < -0.3 is 10.4 Å². The van der Waals surface area contributed by atoms with Crippen molar-refractivity contribution in [3.05, 3.63) is 59.8 Å². The van der Waals surface area contributed by atoms with E-state index in [2.05, 4.69) is 10.3 Å². The molecule has 90 valence electrons. The number of nitrogens with zero attached hydrogens (tertiary/aromatic N) is 1. The van der Waals surface area contributed by atoms with Crippen molar-refractivity contribution in [2.24, 2.45) is 0 Å². The second-order valence-corrected chi connectivity index (χ2v) is 3.53. The number of aromatic carboxylic acids is 1. The first-order valence-electron chi connectivity index (χ1n) is 5.23. The maximum atomic E-state index is 11.8. The zero-order valence-electron chi connectivity index (χ0n) is 9.33. The maximum absolute atomic E-state index is 11.8. The minimum atomic E-state index is -1.13. The molecule has 1 heterocycles. The highest BCUT2D eigenvalue weighted by molar-refractivity contribution is 6.03. The molecule has 1 aromatic carbocycles. The molecule has 2 aromatic rings. The molecule has 0 radical (unpaired) electrons. The Labute approximate surface area is 103 Å². The summed E-state index contributed by atoms with van der Waals surface area (Å²) >= 11 is 0. The van der Waals surface area contributed by atoms with Gasteiger partial charge in [0.1, 0.15) is 5.82 Å². The van der Waals surface area contributed by atoms with Crippen LogP contribution in [0.25, 0.3) is 0 Å². The van der Waals surface area contributed by atoms with Gasteiger partial charge in [-0.3, -0.25) is 4.79 Å². The fourth-order valence-corrected chi connectivity index (χ4v) is 1.40. The van der Waals surface area contributed by atoms with Gasteiger partial charge in [-0.25, -0.2) is 9.78 Å². The third kappa shape index (κ3) is 2.70. The molecule has 0 spiro atoms. The molecule has 2 N–H and O–H groups in total. The lowest BCUT2D eigenvalue weighted by atomic mass is 10.2. The van der Waals surface area contributed by atoms with Crippen LogP contribution < -0.4 is 5.32 Å². The van der Waals surface area contributed by atoms with E-state index < -0.39 is 5.97 Å². The van der Waals surface area contributed by atoms with E-state index in [1.54, 1.807) is 30.3 Å². The molecule has 2 rings (SSSR count). The number of pyridine rings is 1. The average Bonchev–Trinajstić information content (AvgIpc) is 2.40. The van der Waals surface area contributed by atoms with Gasteiger partial charge in [-0.2, -0.15) is 0 Å². The van der Waals surface area contributed by atoms with Gasteiger partial charge in [0.2, 0.25) is 0 Å². The van der Waals surface area contributed by atoms with E-state index in [-0.39, 0.29) is 17.4 Å². The van der Waals surface area contributed by atoms with Gasteiger partial charge in [0.05, 0.1) is 0 Å². The number of carbonyl (C=O) groups excluding carboxylic acids is 1. The molecule has 0 aliphatic carbocycles. The summed E-state index contributed by atoms with van der Waals surface area (Å²) in [5.74, 6) is -1.25. The topological polar surface area (TPSA) is 79.3 Å². The van der Waals surface area contributed by atoms with E-state index in [1.165, 1.54) is 18.2 Å². The van der Waals surface area contributed by atoms with E-state index in [1.807, 2.05) is 0 Å². The largest absolute Gasteiger partial charge is 0.477 e. The number of carboxylic acids is 1. The Morgan fingerprint density at radius 2 is 1.72 bits per heavy atom. The lowest BCUT2D eigenvalue weighted by Crippen LogP contribution is -2.13. The van der Waals surface area contributed by atoms with Crippen LogP contribution in [0.1, 0.15) is 20.8 Å². The van der Waals surface area contributed by atoms with Crippen LogP contribution in [-0.4, -0.2) is 22.0 Å². The third-order valence-electron chi connectivity index (χ3n) is 2.25. The Hall–Kier alpha value is -2.69. The number of benzene rings is 1. The maximum Gasteiger partial charge on any atom is 0.354 e. The number of hydrogen-bond acceptors (Lipinski definition) is 3. The van der Waals surface area contributed by atoms with E-state index in [0.717, 1.165) is 0 Å². The summed E-state index contributed by atoms with van der Waals surface area (Å²) < 4.78 is 0. The van der Waals surface area contributed by atoms with Crippen molar-refractivity contribution in [1.82, 2.24) is 4.98 Å². The number of rotatable bonds is 3. The zero-order chi connectivity index (χ0) is 13.0. The summed E-state index contributed by atoms with van der Waals surface area (Å²) in [7, 11) is 0. The molecule has 0 saturated carbocycles. The monoisotopic (exact) mass is 242 g/mol. The van der Waals surface area contributed by atoms with Crippen molar-refractivity contribution < 1.29 is 14.7 Å². The van der Waals surface area contributed by atoms with E-state index in [0.29, 0.717) is 5.56 Å². The van der Waals surface area contributed by atoms with Gasteiger partial charge in [-0.1, -0.05) is 24.3 Å². The highest BCUT2D eigenvalue weighted by Gasteiger charge is 2.08. The molecule has 0 unspecified atom stereocenters. The van der Waals surface area contributed by atoms with Crippen LogP contribution in [-0.2, 0) is 0 Å². The molecule has 5 heteroatoms. The summed E-state index contributed by atoms with van der Waals surface area (Å²) in [5, 5.41) is 11.3. The molecule has 5 nitrogen and oxygen atoms in total. The first-order chi connectivity index (χ1) is 8.66. The Morgan fingerprint density at radius 1 is 1.00 bits per heavy atom. The SMILES string of the molecule is O=C(Nc1cccc(C(=O)O)n1)c1ccccc1. The number of hydrogen-bond donors (Lipinski definition) is 2. The van der Waals surface area contributed by atoms with Crippen molar-refractivity contribution in [2.45, 2.75) is 0 Å². The Morgan fingerprint density at radius 3 is 2.39 bits per heavy atom. The third-order valence-corrected chi connectivity index (χ3v) is 2.25. The second-order valence-electron chi connectivity index (χ2n) is 3.53. The zero-order valence-corrected chi connectivity index (χ0v) is 9.33. The molecule has 0 saturated heterocycles.